The summed E-state index contributed by atoms with van der Waals surface area (Å²) >= 11 is 0. The standard InChI is InChI=1S/C72H133NO3/c1-3-5-7-9-11-13-15-17-19-21-23-25-27-28-29-30-31-32-33-34-35-36-37-38-39-40-41-42-43-44-46-48-50-52-54-56-58-60-62-64-66-68-72(76)73-70(69-74)71(75)67-65-63-61-59-57-55-53-51-49-47-45-26-24-22-20-18-16-14-12-10-8-6-4-2/h15,17,21,23,27-28,49,51,57,59,65,67,70-71,74-75H,3-14,16,18-20,22,24-26,29-48,50,52-56,58,60-64,66,68-69H2,1-2H3,(H,73,76)/b17-15-,23-21-,28-27-,51-49+,59-57+,67-65+. The van der Waals surface area contributed by atoms with E-state index in [9.17, 15) is 15.0 Å². The lowest BCUT2D eigenvalue weighted by Gasteiger charge is -2.19. The molecule has 0 saturated heterocycles. The number of unbranched alkanes of at least 4 members (excludes halogenated alkanes) is 46. The van der Waals surface area contributed by atoms with Gasteiger partial charge in [-0.3, -0.25) is 4.79 Å². The highest BCUT2D eigenvalue weighted by Gasteiger charge is 2.18. The zero-order valence-corrected chi connectivity index (χ0v) is 51.3. The van der Waals surface area contributed by atoms with Crippen LogP contribution in [-0.2, 0) is 4.79 Å². The molecule has 2 unspecified atom stereocenters. The Kier molecular flexibility index (Phi) is 65.2. The fourth-order valence-corrected chi connectivity index (χ4v) is 10.5. The number of nitrogens with one attached hydrogen (secondary N) is 1. The number of carbonyl (C=O) groups is 1. The number of carbonyl (C=O) groups excluding carboxylic acids is 1. The Morgan fingerprint density at radius 1 is 0.316 bits per heavy atom. The number of aliphatic hydroxyl groups excluding tert-OH is 2. The molecule has 3 N–H and O–H groups in total. The Labute approximate surface area is 476 Å². The molecule has 0 heterocycles. The zero-order valence-electron chi connectivity index (χ0n) is 51.3. The summed E-state index contributed by atoms with van der Waals surface area (Å²) in [6.45, 7) is 4.31. The first kappa shape index (κ1) is 73.8. The van der Waals surface area contributed by atoms with Crippen molar-refractivity contribution in [3.63, 3.8) is 0 Å². The molecule has 0 bridgehead atoms. The Morgan fingerprint density at radius 2 is 0.553 bits per heavy atom. The Hall–Kier alpha value is -2.17. The van der Waals surface area contributed by atoms with Crippen LogP contribution in [0.3, 0.4) is 0 Å². The van der Waals surface area contributed by atoms with E-state index in [0.717, 1.165) is 51.4 Å². The quantitative estimate of drug-likeness (QED) is 0.0420. The molecule has 4 heteroatoms. The van der Waals surface area contributed by atoms with E-state index in [4.69, 9.17) is 0 Å². The first-order chi connectivity index (χ1) is 37.7. The molecule has 0 aromatic carbocycles. The third kappa shape index (κ3) is 62.7. The Balaban J connectivity index is 3.45. The molecule has 0 spiro atoms. The third-order valence-electron chi connectivity index (χ3n) is 15.6. The molecule has 2 atom stereocenters. The van der Waals surface area contributed by atoms with Gasteiger partial charge in [0.2, 0.25) is 5.91 Å². The summed E-state index contributed by atoms with van der Waals surface area (Å²) in [5, 5.41) is 23.2. The molecule has 76 heavy (non-hydrogen) atoms. The van der Waals surface area contributed by atoms with Crippen molar-refractivity contribution in [1.29, 1.82) is 0 Å². The maximum atomic E-state index is 12.5. The summed E-state index contributed by atoms with van der Waals surface area (Å²) in [6, 6.07) is -0.647. The highest BCUT2D eigenvalue weighted by molar-refractivity contribution is 5.76. The number of hydrogen-bond acceptors (Lipinski definition) is 3. The van der Waals surface area contributed by atoms with Crippen molar-refractivity contribution in [3.8, 4) is 0 Å². The minimum absolute atomic E-state index is 0.0725. The van der Waals surface area contributed by atoms with Gasteiger partial charge in [0.25, 0.3) is 0 Å². The second-order valence-electron chi connectivity index (χ2n) is 23.2. The van der Waals surface area contributed by atoms with Crippen LogP contribution in [0.15, 0.2) is 72.9 Å². The predicted molar refractivity (Wildman–Crippen MR) is 341 cm³/mol. The van der Waals surface area contributed by atoms with E-state index in [0.29, 0.717) is 6.42 Å². The predicted octanol–water partition coefficient (Wildman–Crippen LogP) is 23.3. The molecular weight excluding hydrogens is 927 g/mol. The molecule has 0 rings (SSSR count). The minimum atomic E-state index is -0.872. The largest absolute Gasteiger partial charge is 0.394 e. The monoisotopic (exact) mass is 1060 g/mol. The highest BCUT2D eigenvalue weighted by atomic mass is 16.3. The van der Waals surface area contributed by atoms with Crippen LogP contribution in [0.4, 0.5) is 0 Å². The molecule has 4 nitrogen and oxygen atoms in total. The third-order valence-corrected chi connectivity index (χ3v) is 15.6. The fourth-order valence-electron chi connectivity index (χ4n) is 10.5. The van der Waals surface area contributed by atoms with Crippen molar-refractivity contribution in [1.82, 2.24) is 5.32 Å². The normalized spacial score (nSPS) is 13.2. The molecule has 0 aliphatic heterocycles. The van der Waals surface area contributed by atoms with E-state index in [2.05, 4.69) is 79.9 Å². The van der Waals surface area contributed by atoms with Crippen molar-refractivity contribution in [2.24, 2.45) is 0 Å². The van der Waals surface area contributed by atoms with Gasteiger partial charge >= 0.3 is 0 Å². The summed E-state index contributed by atoms with van der Waals surface area (Å²) in [5.74, 6) is -0.0725. The lowest BCUT2D eigenvalue weighted by molar-refractivity contribution is -0.123. The first-order valence-corrected chi connectivity index (χ1v) is 34.2. The van der Waals surface area contributed by atoms with E-state index >= 15 is 0 Å². The second-order valence-corrected chi connectivity index (χ2v) is 23.2. The number of aliphatic hydroxyl groups is 2. The van der Waals surface area contributed by atoms with Gasteiger partial charge in [-0.1, -0.05) is 344 Å². The van der Waals surface area contributed by atoms with Crippen LogP contribution in [-0.4, -0.2) is 34.9 Å². The summed E-state index contributed by atoms with van der Waals surface area (Å²) in [7, 11) is 0. The van der Waals surface area contributed by atoms with Gasteiger partial charge in [0.05, 0.1) is 18.8 Å². The topological polar surface area (TPSA) is 69.6 Å². The summed E-state index contributed by atoms with van der Waals surface area (Å²) < 4.78 is 0. The number of rotatable bonds is 63. The smallest absolute Gasteiger partial charge is 0.220 e. The summed E-state index contributed by atoms with van der Waals surface area (Å²) in [5.41, 5.74) is 0. The Bertz CT molecular complexity index is 1290. The molecule has 0 aliphatic rings. The molecular formula is C72H133NO3. The van der Waals surface area contributed by atoms with Gasteiger partial charge in [-0.15, -0.1) is 0 Å². The van der Waals surface area contributed by atoms with Crippen molar-refractivity contribution in [2.75, 3.05) is 6.61 Å². The number of allylic oxidation sites excluding steroid dienone is 11. The number of amides is 1. The van der Waals surface area contributed by atoms with E-state index in [-0.39, 0.29) is 12.5 Å². The maximum Gasteiger partial charge on any atom is 0.220 e. The van der Waals surface area contributed by atoms with Gasteiger partial charge in [-0.05, 0) is 83.5 Å². The van der Waals surface area contributed by atoms with Crippen molar-refractivity contribution >= 4 is 5.91 Å². The van der Waals surface area contributed by atoms with Crippen LogP contribution in [0.25, 0.3) is 0 Å². The number of hydrogen-bond donors (Lipinski definition) is 3. The SMILES string of the molecule is CCCCCCC/C=C\C/C=C\C/C=C\CCCCCCCCCCCCCCCCCCCCCCCCCCCCC(=O)NC(CO)C(O)/C=C/CC/C=C/CC/C=C/CCCCCCCCCCCCCCC. The molecule has 444 valence electrons. The molecule has 0 aromatic heterocycles. The lowest BCUT2D eigenvalue weighted by Crippen LogP contribution is -2.45. The van der Waals surface area contributed by atoms with Gasteiger partial charge in [-0.2, -0.15) is 0 Å². The van der Waals surface area contributed by atoms with Gasteiger partial charge in [0, 0.05) is 6.42 Å². The average molecular weight is 1060 g/mol. The minimum Gasteiger partial charge on any atom is -0.394 e. The first-order valence-electron chi connectivity index (χ1n) is 34.2. The second kappa shape index (κ2) is 67.1. The molecule has 0 fully saturated rings. The molecule has 0 aliphatic carbocycles. The lowest BCUT2D eigenvalue weighted by atomic mass is 10.0. The van der Waals surface area contributed by atoms with Crippen LogP contribution in [0.1, 0.15) is 361 Å². The fraction of sp³-hybridized carbons (Fsp3) is 0.819. The highest BCUT2D eigenvalue weighted by Crippen LogP contribution is 2.18. The van der Waals surface area contributed by atoms with Gasteiger partial charge < -0.3 is 15.5 Å². The summed E-state index contributed by atoms with van der Waals surface area (Å²) in [4.78, 5) is 12.5. The zero-order chi connectivity index (χ0) is 54.8. The van der Waals surface area contributed by atoms with Crippen LogP contribution in [0.2, 0.25) is 0 Å². The van der Waals surface area contributed by atoms with Crippen molar-refractivity contribution in [3.05, 3.63) is 72.9 Å². The van der Waals surface area contributed by atoms with Gasteiger partial charge in [-0.25, -0.2) is 0 Å². The van der Waals surface area contributed by atoms with Gasteiger partial charge in [0.15, 0.2) is 0 Å². The van der Waals surface area contributed by atoms with Crippen LogP contribution >= 0.6 is 0 Å². The van der Waals surface area contributed by atoms with Crippen LogP contribution in [0, 0.1) is 0 Å². The maximum absolute atomic E-state index is 12.5. The van der Waals surface area contributed by atoms with Crippen molar-refractivity contribution in [2.45, 2.75) is 373 Å². The van der Waals surface area contributed by atoms with Crippen LogP contribution < -0.4 is 5.32 Å². The van der Waals surface area contributed by atoms with E-state index in [1.807, 2.05) is 6.08 Å². The molecule has 0 saturated carbocycles. The van der Waals surface area contributed by atoms with Gasteiger partial charge in [0.1, 0.15) is 0 Å². The van der Waals surface area contributed by atoms with Crippen molar-refractivity contribution < 1.29 is 15.0 Å². The average Bonchev–Trinajstić information content (AvgIpc) is 3.42. The van der Waals surface area contributed by atoms with Crippen LogP contribution in [0.5, 0.6) is 0 Å². The van der Waals surface area contributed by atoms with E-state index in [1.54, 1.807) is 6.08 Å². The van der Waals surface area contributed by atoms with E-state index < -0.39 is 12.1 Å². The molecule has 0 aromatic rings. The molecule has 0 radical (unpaired) electrons. The Morgan fingerprint density at radius 3 is 0.855 bits per heavy atom. The summed E-state index contributed by atoms with van der Waals surface area (Å²) in [6.07, 6.45) is 97.0. The molecule has 1 amide bonds. The van der Waals surface area contributed by atoms with E-state index in [1.165, 1.54) is 289 Å².